The summed E-state index contributed by atoms with van der Waals surface area (Å²) in [6.45, 7) is 0.468. The number of pyridine rings is 1. The second-order valence-corrected chi connectivity index (χ2v) is 5.62. The molecule has 0 saturated carbocycles. The number of hydrogen-bond acceptors (Lipinski definition) is 5. The van der Waals surface area contributed by atoms with Gasteiger partial charge in [0.2, 0.25) is 11.7 Å². The summed E-state index contributed by atoms with van der Waals surface area (Å²) < 4.78 is 0. The fraction of sp³-hybridized carbons (Fsp3) is 0.118. The van der Waals surface area contributed by atoms with Gasteiger partial charge in [0.1, 0.15) is 0 Å². The number of aromatic amines is 2. The summed E-state index contributed by atoms with van der Waals surface area (Å²) in [6, 6.07) is 9.58. The molecule has 0 spiro atoms. The number of benzene rings is 1. The first-order valence-electron chi connectivity index (χ1n) is 7.79. The maximum Gasteiger partial charge on any atom is 0.224 e. The van der Waals surface area contributed by atoms with Gasteiger partial charge < -0.3 is 10.3 Å². The average molecular weight is 333 g/mol. The minimum atomic E-state index is -0.0278. The zero-order valence-corrected chi connectivity index (χ0v) is 13.2. The van der Waals surface area contributed by atoms with Gasteiger partial charge in [0.25, 0.3) is 0 Å². The lowest BCUT2D eigenvalue weighted by molar-refractivity contribution is -0.120. The maximum absolute atomic E-state index is 12.2. The van der Waals surface area contributed by atoms with Gasteiger partial charge in [-0.2, -0.15) is 5.21 Å². The molecule has 124 valence electrons. The molecule has 3 heterocycles. The number of nitrogens with zero attached hydrogens (tertiary/aromatic N) is 4. The molecule has 0 aliphatic rings. The van der Waals surface area contributed by atoms with Crippen LogP contribution in [0, 0.1) is 0 Å². The SMILES string of the molecule is O=C(Cc1c[nH]c2cnccc12)NCc1ccc(-c2nn[nH]n2)cc1. The van der Waals surface area contributed by atoms with E-state index in [1.807, 2.05) is 36.5 Å². The van der Waals surface area contributed by atoms with Gasteiger partial charge in [0, 0.05) is 29.9 Å². The second kappa shape index (κ2) is 6.52. The van der Waals surface area contributed by atoms with Gasteiger partial charge in [0.15, 0.2) is 0 Å². The number of hydrogen-bond donors (Lipinski definition) is 3. The third-order valence-electron chi connectivity index (χ3n) is 3.97. The Morgan fingerprint density at radius 3 is 2.84 bits per heavy atom. The van der Waals surface area contributed by atoms with Crippen molar-refractivity contribution in [3.63, 3.8) is 0 Å². The minimum absolute atomic E-state index is 0.0278. The molecular weight excluding hydrogens is 318 g/mol. The number of tetrazole rings is 1. The van der Waals surface area contributed by atoms with Crippen molar-refractivity contribution in [1.29, 1.82) is 0 Å². The van der Waals surface area contributed by atoms with Crippen LogP contribution in [-0.2, 0) is 17.8 Å². The van der Waals surface area contributed by atoms with Crippen LogP contribution in [-0.4, -0.2) is 36.5 Å². The highest BCUT2D eigenvalue weighted by Crippen LogP contribution is 2.17. The Kier molecular flexibility index (Phi) is 3.91. The lowest BCUT2D eigenvalue weighted by atomic mass is 10.1. The Balaban J connectivity index is 1.37. The molecule has 0 bridgehead atoms. The van der Waals surface area contributed by atoms with Crippen molar-refractivity contribution in [1.82, 2.24) is 35.9 Å². The van der Waals surface area contributed by atoms with Crippen LogP contribution in [0.2, 0.25) is 0 Å². The van der Waals surface area contributed by atoms with Gasteiger partial charge in [-0.15, -0.1) is 10.2 Å². The van der Waals surface area contributed by atoms with Crippen LogP contribution in [0.4, 0.5) is 0 Å². The zero-order chi connectivity index (χ0) is 17.1. The van der Waals surface area contributed by atoms with Crippen LogP contribution < -0.4 is 5.32 Å². The van der Waals surface area contributed by atoms with Crippen molar-refractivity contribution in [2.45, 2.75) is 13.0 Å². The monoisotopic (exact) mass is 333 g/mol. The largest absolute Gasteiger partial charge is 0.360 e. The lowest BCUT2D eigenvalue weighted by Gasteiger charge is -2.05. The van der Waals surface area contributed by atoms with Crippen LogP contribution >= 0.6 is 0 Å². The van der Waals surface area contributed by atoms with Gasteiger partial charge in [0.05, 0.1) is 18.1 Å². The van der Waals surface area contributed by atoms with Crippen molar-refractivity contribution >= 4 is 16.8 Å². The van der Waals surface area contributed by atoms with Gasteiger partial charge in [-0.05, 0) is 22.4 Å². The summed E-state index contributed by atoms with van der Waals surface area (Å²) in [6.07, 6.45) is 5.65. The molecule has 4 rings (SSSR count). The Morgan fingerprint density at radius 1 is 1.16 bits per heavy atom. The zero-order valence-electron chi connectivity index (χ0n) is 13.2. The van der Waals surface area contributed by atoms with Crippen molar-refractivity contribution in [3.05, 3.63) is 60.0 Å². The fourth-order valence-corrected chi connectivity index (χ4v) is 2.67. The summed E-state index contributed by atoms with van der Waals surface area (Å²) in [5, 5.41) is 17.8. The van der Waals surface area contributed by atoms with E-state index in [4.69, 9.17) is 0 Å². The maximum atomic E-state index is 12.2. The first-order chi connectivity index (χ1) is 12.3. The van der Waals surface area contributed by atoms with Crippen LogP contribution in [0.3, 0.4) is 0 Å². The molecule has 8 heteroatoms. The molecule has 3 aromatic heterocycles. The van der Waals surface area contributed by atoms with E-state index in [0.717, 1.165) is 27.6 Å². The minimum Gasteiger partial charge on any atom is -0.360 e. The Hall–Kier alpha value is -3.55. The third kappa shape index (κ3) is 3.23. The number of aromatic nitrogens is 6. The highest BCUT2D eigenvalue weighted by molar-refractivity contribution is 5.88. The predicted molar refractivity (Wildman–Crippen MR) is 91.3 cm³/mol. The molecule has 0 radical (unpaired) electrons. The fourth-order valence-electron chi connectivity index (χ4n) is 2.67. The average Bonchev–Trinajstić information content (AvgIpc) is 3.31. The summed E-state index contributed by atoms with van der Waals surface area (Å²) in [5.74, 6) is 0.518. The Morgan fingerprint density at radius 2 is 2.04 bits per heavy atom. The van der Waals surface area contributed by atoms with Crippen LogP contribution in [0.25, 0.3) is 22.3 Å². The van der Waals surface area contributed by atoms with E-state index in [-0.39, 0.29) is 5.91 Å². The molecule has 0 aliphatic heterocycles. The first-order valence-corrected chi connectivity index (χ1v) is 7.79. The molecule has 1 amide bonds. The topological polar surface area (TPSA) is 112 Å². The Labute approximate surface area is 142 Å². The van der Waals surface area contributed by atoms with E-state index < -0.39 is 0 Å². The van der Waals surface area contributed by atoms with Crippen LogP contribution in [0.1, 0.15) is 11.1 Å². The van der Waals surface area contributed by atoms with Gasteiger partial charge >= 0.3 is 0 Å². The second-order valence-electron chi connectivity index (χ2n) is 5.62. The first kappa shape index (κ1) is 15.0. The van der Waals surface area contributed by atoms with Crippen LogP contribution in [0.5, 0.6) is 0 Å². The highest BCUT2D eigenvalue weighted by atomic mass is 16.1. The third-order valence-corrected chi connectivity index (χ3v) is 3.97. The number of fused-ring (bicyclic) bond motifs is 1. The molecule has 8 nitrogen and oxygen atoms in total. The lowest BCUT2D eigenvalue weighted by Crippen LogP contribution is -2.24. The number of carbonyl (C=O) groups is 1. The smallest absolute Gasteiger partial charge is 0.224 e. The van der Waals surface area contributed by atoms with Crippen molar-refractivity contribution < 1.29 is 4.79 Å². The number of amides is 1. The van der Waals surface area contributed by atoms with E-state index >= 15 is 0 Å². The number of rotatable bonds is 5. The predicted octanol–water partition coefficient (Wildman–Crippen LogP) is 1.60. The van der Waals surface area contributed by atoms with E-state index in [9.17, 15) is 4.79 Å². The van der Waals surface area contributed by atoms with E-state index in [0.29, 0.717) is 18.8 Å². The molecule has 0 atom stereocenters. The number of H-pyrrole nitrogens is 2. The number of carbonyl (C=O) groups excluding carboxylic acids is 1. The van der Waals surface area contributed by atoms with Crippen molar-refractivity contribution in [3.8, 4) is 11.4 Å². The molecule has 0 fully saturated rings. The molecule has 25 heavy (non-hydrogen) atoms. The van der Waals surface area contributed by atoms with Crippen molar-refractivity contribution in [2.75, 3.05) is 0 Å². The van der Waals surface area contributed by atoms with E-state index in [1.54, 1.807) is 12.4 Å². The van der Waals surface area contributed by atoms with Gasteiger partial charge in [-0.1, -0.05) is 24.3 Å². The van der Waals surface area contributed by atoms with Gasteiger partial charge in [-0.25, -0.2) is 0 Å². The molecule has 1 aromatic carbocycles. The summed E-state index contributed by atoms with van der Waals surface area (Å²) in [7, 11) is 0. The molecular formula is C17H15N7O. The molecule has 0 aliphatic carbocycles. The van der Waals surface area contributed by atoms with Crippen molar-refractivity contribution in [2.24, 2.45) is 0 Å². The normalized spacial score (nSPS) is 10.9. The summed E-state index contributed by atoms with van der Waals surface area (Å²) in [4.78, 5) is 19.4. The molecule has 0 unspecified atom stereocenters. The summed E-state index contributed by atoms with van der Waals surface area (Å²) >= 11 is 0. The van der Waals surface area contributed by atoms with E-state index in [1.165, 1.54) is 0 Å². The van der Waals surface area contributed by atoms with E-state index in [2.05, 4.69) is 35.9 Å². The number of nitrogens with one attached hydrogen (secondary N) is 3. The Bertz CT molecular complexity index is 989. The highest BCUT2D eigenvalue weighted by Gasteiger charge is 2.09. The molecule has 3 N–H and O–H groups in total. The molecule has 4 aromatic rings. The summed E-state index contributed by atoms with van der Waals surface area (Å²) in [5.41, 5.74) is 3.77. The van der Waals surface area contributed by atoms with Gasteiger partial charge in [-0.3, -0.25) is 9.78 Å². The quantitative estimate of drug-likeness (QED) is 0.513. The standard InChI is InChI=1S/C17H15N7O/c25-16(7-13-9-19-15-10-18-6-5-14(13)15)20-8-11-1-3-12(4-2-11)17-21-23-24-22-17/h1-6,9-10,19H,7-8H2,(H,20,25)(H,21,22,23,24). The van der Waals surface area contributed by atoms with Crippen LogP contribution in [0.15, 0.2) is 48.9 Å². The molecule has 0 saturated heterocycles.